The maximum absolute atomic E-state index is 5.90. The average Bonchev–Trinajstić information content (AvgIpc) is 2.28. The molecule has 2 fully saturated rings. The maximum Gasteiger partial charge on any atom is 0.0821 e. The van der Waals surface area contributed by atoms with E-state index in [1.54, 1.807) is 12.4 Å². The molecular weight excluding hydrogens is 204 g/mol. The Morgan fingerprint density at radius 2 is 1.88 bits per heavy atom. The molecule has 2 aliphatic rings. The molecule has 1 spiro atoms. The van der Waals surface area contributed by atoms with E-state index in [1.165, 1.54) is 12.8 Å². The fourth-order valence-corrected chi connectivity index (χ4v) is 2.49. The predicted molar refractivity (Wildman–Crippen MR) is 61.1 cm³/mol. The molecule has 3 heterocycles. The van der Waals surface area contributed by atoms with Gasteiger partial charge in [-0.3, -0.25) is 0 Å². The molecule has 1 aromatic rings. The van der Waals surface area contributed by atoms with Crippen LogP contribution in [0.5, 0.6) is 0 Å². The van der Waals surface area contributed by atoms with Crippen molar-refractivity contribution in [2.75, 3.05) is 36.9 Å². The van der Waals surface area contributed by atoms with Crippen LogP contribution in [0.3, 0.4) is 0 Å². The number of nitrogens with two attached hydrogens (primary N) is 1. The van der Waals surface area contributed by atoms with Crippen molar-refractivity contribution in [2.45, 2.75) is 12.8 Å². The first kappa shape index (κ1) is 9.84. The minimum absolute atomic E-state index is 0.464. The van der Waals surface area contributed by atoms with Gasteiger partial charge in [0, 0.05) is 18.5 Å². The number of aromatic nitrogens is 2. The zero-order chi connectivity index (χ0) is 11.0. The lowest BCUT2D eigenvalue weighted by Crippen LogP contribution is -2.51. The zero-order valence-corrected chi connectivity index (χ0v) is 9.22. The van der Waals surface area contributed by atoms with E-state index in [4.69, 9.17) is 10.5 Å². The second kappa shape index (κ2) is 3.59. The third-order valence-corrected chi connectivity index (χ3v) is 3.72. The van der Waals surface area contributed by atoms with Crippen molar-refractivity contribution in [3.63, 3.8) is 0 Å². The Hall–Kier alpha value is -1.36. The molecule has 5 heteroatoms. The Bertz CT molecular complexity index is 381. The third kappa shape index (κ3) is 1.51. The molecule has 2 aliphatic heterocycles. The molecule has 5 nitrogen and oxygen atoms in total. The number of hydrogen-bond acceptors (Lipinski definition) is 5. The maximum atomic E-state index is 5.90. The summed E-state index contributed by atoms with van der Waals surface area (Å²) in [4.78, 5) is 2.30. The number of rotatable bonds is 1. The summed E-state index contributed by atoms with van der Waals surface area (Å²) in [7, 11) is 0. The minimum atomic E-state index is 0.464. The standard InChI is InChI=1S/C11H16N4O/c12-9-5-13-14-6-10(9)15-3-1-11(2-4-15)7-16-8-11/h5-6H,1-4,7-8H2,(H2,12,14). The highest BCUT2D eigenvalue weighted by atomic mass is 16.5. The minimum Gasteiger partial charge on any atom is -0.396 e. The van der Waals surface area contributed by atoms with Crippen LogP contribution in [0.4, 0.5) is 11.4 Å². The van der Waals surface area contributed by atoms with E-state index in [2.05, 4.69) is 15.1 Å². The highest BCUT2D eigenvalue weighted by Crippen LogP contribution is 2.39. The fourth-order valence-electron chi connectivity index (χ4n) is 2.49. The van der Waals surface area contributed by atoms with E-state index in [0.29, 0.717) is 5.41 Å². The van der Waals surface area contributed by atoms with Gasteiger partial charge in [-0.25, -0.2) is 0 Å². The van der Waals surface area contributed by atoms with Crippen molar-refractivity contribution < 1.29 is 4.74 Å². The summed E-state index contributed by atoms with van der Waals surface area (Å²) in [5, 5.41) is 7.67. The van der Waals surface area contributed by atoms with Crippen LogP contribution in [0, 0.1) is 5.41 Å². The van der Waals surface area contributed by atoms with Crippen LogP contribution >= 0.6 is 0 Å². The SMILES string of the molecule is Nc1cnncc1N1CCC2(CC1)COC2. The van der Waals surface area contributed by atoms with Gasteiger partial charge in [-0.15, -0.1) is 0 Å². The number of nitrogen functional groups attached to an aromatic ring is 1. The number of anilines is 2. The molecule has 0 saturated carbocycles. The van der Waals surface area contributed by atoms with Gasteiger partial charge in [-0.1, -0.05) is 0 Å². The first-order valence-electron chi connectivity index (χ1n) is 5.68. The first-order chi connectivity index (χ1) is 7.79. The van der Waals surface area contributed by atoms with Crippen LogP contribution in [0.1, 0.15) is 12.8 Å². The number of hydrogen-bond donors (Lipinski definition) is 1. The smallest absolute Gasteiger partial charge is 0.0821 e. The van der Waals surface area contributed by atoms with E-state index >= 15 is 0 Å². The van der Waals surface area contributed by atoms with Gasteiger partial charge in [0.05, 0.1) is 37.0 Å². The largest absolute Gasteiger partial charge is 0.396 e. The summed E-state index contributed by atoms with van der Waals surface area (Å²) in [5.74, 6) is 0. The van der Waals surface area contributed by atoms with Crippen molar-refractivity contribution in [2.24, 2.45) is 5.41 Å². The van der Waals surface area contributed by atoms with E-state index < -0.39 is 0 Å². The average molecular weight is 220 g/mol. The summed E-state index contributed by atoms with van der Waals surface area (Å²) >= 11 is 0. The Morgan fingerprint density at radius 1 is 1.19 bits per heavy atom. The normalized spacial score (nSPS) is 23.1. The monoisotopic (exact) mass is 220 g/mol. The number of ether oxygens (including phenoxy) is 1. The van der Waals surface area contributed by atoms with Crippen molar-refractivity contribution in [1.82, 2.24) is 10.2 Å². The van der Waals surface area contributed by atoms with Crippen LogP contribution < -0.4 is 10.6 Å². The van der Waals surface area contributed by atoms with Crippen molar-refractivity contribution in [3.8, 4) is 0 Å². The van der Waals surface area contributed by atoms with Gasteiger partial charge in [0.2, 0.25) is 0 Å². The van der Waals surface area contributed by atoms with E-state index in [9.17, 15) is 0 Å². The molecule has 0 aliphatic carbocycles. The van der Waals surface area contributed by atoms with E-state index in [1.807, 2.05) is 0 Å². The predicted octanol–water partition coefficient (Wildman–Crippen LogP) is 0.676. The number of piperidine rings is 1. The summed E-state index contributed by atoms with van der Waals surface area (Å²) in [5.41, 5.74) is 8.10. The Kier molecular flexibility index (Phi) is 2.21. The molecule has 16 heavy (non-hydrogen) atoms. The zero-order valence-electron chi connectivity index (χ0n) is 9.22. The molecule has 2 N–H and O–H groups in total. The van der Waals surface area contributed by atoms with E-state index in [0.717, 1.165) is 37.7 Å². The molecule has 1 aromatic heterocycles. The van der Waals surface area contributed by atoms with Gasteiger partial charge >= 0.3 is 0 Å². The molecule has 86 valence electrons. The molecule has 2 saturated heterocycles. The molecule has 3 rings (SSSR count). The second-order valence-electron chi connectivity index (χ2n) is 4.81. The van der Waals surface area contributed by atoms with Crippen LogP contribution in [0.2, 0.25) is 0 Å². The first-order valence-corrected chi connectivity index (χ1v) is 5.68. The Labute approximate surface area is 94.6 Å². The molecule has 0 aromatic carbocycles. The van der Waals surface area contributed by atoms with Gasteiger partial charge in [-0.05, 0) is 12.8 Å². The van der Waals surface area contributed by atoms with Crippen molar-refractivity contribution in [1.29, 1.82) is 0 Å². The van der Waals surface area contributed by atoms with Gasteiger partial charge in [0.1, 0.15) is 0 Å². The van der Waals surface area contributed by atoms with E-state index in [-0.39, 0.29) is 0 Å². The molecule has 0 radical (unpaired) electrons. The molecule has 0 amide bonds. The lowest BCUT2D eigenvalue weighted by Gasteiger charge is -2.47. The van der Waals surface area contributed by atoms with Gasteiger partial charge in [0.25, 0.3) is 0 Å². The topological polar surface area (TPSA) is 64.3 Å². The Morgan fingerprint density at radius 3 is 2.44 bits per heavy atom. The van der Waals surface area contributed by atoms with Gasteiger partial charge in [-0.2, -0.15) is 10.2 Å². The summed E-state index contributed by atoms with van der Waals surface area (Å²) < 4.78 is 5.31. The highest BCUT2D eigenvalue weighted by molar-refractivity contribution is 5.65. The molecule has 0 unspecified atom stereocenters. The second-order valence-corrected chi connectivity index (χ2v) is 4.81. The lowest BCUT2D eigenvalue weighted by molar-refractivity contribution is -0.124. The van der Waals surface area contributed by atoms with Crippen LogP contribution in [0.25, 0.3) is 0 Å². The summed E-state index contributed by atoms with van der Waals surface area (Å²) in [6.45, 7) is 3.95. The molecular formula is C11H16N4O. The van der Waals surface area contributed by atoms with Crippen molar-refractivity contribution >= 4 is 11.4 Å². The molecule has 0 bridgehead atoms. The lowest BCUT2D eigenvalue weighted by atomic mass is 9.77. The third-order valence-electron chi connectivity index (χ3n) is 3.72. The molecule has 0 atom stereocenters. The highest BCUT2D eigenvalue weighted by Gasteiger charge is 2.41. The summed E-state index contributed by atoms with van der Waals surface area (Å²) in [6, 6.07) is 0. The number of nitrogens with zero attached hydrogens (tertiary/aromatic N) is 3. The van der Waals surface area contributed by atoms with Gasteiger partial charge in [0.15, 0.2) is 0 Å². The Balaban J connectivity index is 1.72. The quantitative estimate of drug-likeness (QED) is 0.753. The fraction of sp³-hybridized carbons (Fsp3) is 0.636. The summed E-state index contributed by atoms with van der Waals surface area (Å²) in [6.07, 6.45) is 5.75. The van der Waals surface area contributed by atoms with Crippen LogP contribution in [-0.2, 0) is 4.74 Å². The van der Waals surface area contributed by atoms with Crippen LogP contribution in [-0.4, -0.2) is 36.5 Å². The van der Waals surface area contributed by atoms with Crippen molar-refractivity contribution in [3.05, 3.63) is 12.4 Å². The van der Waals surface area contributed by atoms with Gasteiger partial charge < -0.3 is 15.4 Å². The van der Waals surface area contributed by atoms with Crippen LogP contribution in [0.15, 0.2) is 12.4 Å².